The third-order valence-corrected chi connectivity index (χ3v) is 5.77. The number of nitrogens with zero attached hydrogens (tertiary/aromatic N) is 2. The highest BCUT2D eigenvalue weighted by Crippen LogP contribution is 2.28. The molecule has 2 heterocycles. The molecule has 1 saturated heterocycles. The van der Waals surface area contributed by atoms with Gasteiger partial charge in [-0.05, 0) is 47.9 Å². The molecule has 1 aliphatic rings. The summed E-state index contributed by atoms with van der Waals surface area (Å²) in [5, 5.41) is 0. The van der Waals surface area contributed by atoms with Crippen LogP contribution in [0.3, 0.4) is 0 Å². The number of nitrogens with two attached hydrogens (primary N) is 1. The van der Waals surface area contributed by atoms with E-state index in [0.29, 0.717) is 24.5 Å². The molecule has 0 unspecified atom stereocenters. The van der Waals surface area contributed by atoms with Crippen LogP contribution in [0, 0.1) is 0 Å². The number of carbonyl (C=O) groups is 2. The van der Waals surface area contributed by atoms with Crippen molar-refractivity contribution >= 4 is 11.8 Å². The number of pyridine rings is 1. The van der Waals surface area contributed by atoms with Crippen molar-refractivity contribution in [2.45, 2.75) is 18.9 Å². The van der Waals surface area contributed by atoms with Crippen LogP contribution in [0.2, 0.25) is 0 Å². The fourth-order valence-corrected chi connectivity index (χ4v) is 4.13. The predicted octanol–water partition coefficient (Wildman–Crippen LogP) is 3.09. The number of carbonyl (C=O) groups excluding carboxylic acids is 2. The average molecular weight is 446 g/mol. The van der Waals surface area contributed by atoms with E-state index in [1.54, 1.807) is 35.5 Å². The molecule has 4 rings (SSSR count). The van der Waals surface area contributed by atoms with Gasteiger partial charge < -0.3 is 20.1 Å². The Labute approximate surface area is 193 Å². The minimum atomic E-state index is -1.31. The van der Waals surface area contributed by atoms with Crippen LogP contribution in [0.25, 0.3) is 11.1 Å². The summed E-state index contributed by atoms with van der Waals surface area (Å²) in [6.45, 7) is 2.97. The van der Waals surface area contributed by atoms with E-state index in [2.05, 4.69) is 4.98 Å². The van der Waals surface area contributed by atoms with Crippen LogP contribution in [-0.2, 0) is 16.0 Å². The summed E-state index contributed by atoms with van der Waals surface area (Å²) in [4.78, 5) is 31.7. The maximum Gasteiger partial charge on any atom is 0.257 e. The average Bonchev–Trinajstić information content (AvgIpc) is 2.85. The molecule has 0 aliphatic carbocycles. The Morgan fingerprint density at radius 3 is 2.64 bits per heavy atom. The summed E-state index contributed by atoms with van der Waals surface area (Å²) < 4.78 is 11.6. The van der Waals surface area contributed by atoms with Crippen LogP contribution < -0.4 is 10.5 Å². The second-order valence-electron chi connectivity index (χ2n) is 7.98. The highest BCUT2D eigenvalue weighted by atomic mass is 16.5. The fraction of sp³-hybridized carbons (Fsp3) is 0.269. The summed E-state index contributed by atoms with van der Waals surface area (Å²) in [6.07, 6.45) is 3.74. The molecule has 0 bridgehead atoms. The van der Waals surface area contributed by atoms with E-state index in [4.69, 9.17) is 15.2 Å². The van der Waals surface area contributed by atoms with Gasteiger partial charge in [0.25, 0.3) is 11.8 Å². The zero-order valence-corrected chi connectivity index (χ0v) is 18.6. The van der Waals surface area contributed by atoms with Crippen LogP contribution in [0.5, 0.6) is 5.75 Å². The molecule has 1 aromatic heterocycles. The molecule has 3 aromatic rings. The number of rotatable bonds is 7. The lowest BCUT2D eigenvalue weighted by Crippen LogP contribution is -2.61. The third-order valence-electron chi connectivity index (χ3n) is 5.77. The molecule has 1 aliphatic heterocycles. The molecule has 1 fully saturated rings. The zero-order chi connectivity index (χ0) is 23.3. The van der Waals surface area contributed by atoms with Crippen molar-refractivity contribution in [3.63, 3.8) is 0 Å². The van der Waals surface area contributed by atoms with E-state index in [-0.39, 0.29) is 25.5 Å². The summed E-state index contributed by atoms with van der Waals surface area (Å²) in [5.74, 6) is -0.280. The van der Waals surface area contributed by atoms with Crippen molar-refractivity contribution in [3.8, 4) is 16.9 Å². The molecule has 7 nitrogen and oxygen atoms in total. The number of primary amides is 1. The third kappa shape index (κ3) is 4.88. The smallest absolute Gasteiger partial charge is 0.257 e. The molecular formula is C26H27N3O4. The lowest BCUT2D eigenvalue weighted by molar-refractivity contribution is -0.153. The van der Waals surface area contributed by atoms with Gasteiger partial charge in [0, 0.05) is 25.4 Å². The van der Waals surface area contributed by atoms with Crippen LogP contribution in [0.1, 0.15) is 22.8 Å². The first-order chi connectivity index (χ1) is 16.0. The Hall–Kier alpha value is -3.71. The van der Waals surface area contributed by atoms with Crippen molar-refractivity contribution in [2.24, 2.45) is 5.73 Å². The molecule has 1 atom stereocenters. The van der Waals surface area contributed by atoms with Gasteiger partial charge >= 0.3 is 0 Å². The van der Waals surface area contributed by atoms with Crippen LogP contribution in [-0.4, -0.2) is 53.6 Å². The summed E-state index contributed by atoms with van der Waals surface area (Å²) in [6, 6.07) is 18.8. The quantitative estimate of drug-likeness (QED) is 0.603. The monoisotopic (exact) mass is 445 g/mol. The molecule has 2 amide bonds. The highest BCUT2D eigenvalue weighted by molar-refractivity contribution is 5.97. The zero-order valence-electron chi connectivity index (χ0n) is 18.6. The van der Waals surface area contributed by atoms with Gasteiger partial charge in [0.15, 0.2) is 5.60 Å². The molecule has 170 valence electrons. The molecule has 7 heteroatoms. The Morgan fingerprint density at radius 2 is 1.88 bits per heavy atom. The Kier molecular flexibility index (Phi) is 6.70. The SMILES string of the molecule is CCOc1ccccc1C(=O)N1CCO[C@@](Cc2cccc(-c3ccncc3)c2)(C(N)=O)C1. The van der Waals surface area contributed by atoms with Crippen LogP contribution >= 0.6 is 0 Å². The van der Waals surface area contributed by atoms with Gasteiger partial charge in [-0.25, -0.2) is 0 Å². The first-order valence-electron chi connectivity index (χ1n) is 11.0. The standard InChI is InChI=1S/C26H27N3O4/c1-2-32-23-9-4-3-8-22(23)24(30)29-14-15-33-26(18-29,25(27)31)17-19-6-5-7-21(16-19)20-10-12-28-13-11-20/h3-13,16H,2,14-15,17-18H2,1H3,(H2,27,31)/t26-/m1/s1. The number of hydrogen-bond donors (Lipinski definition) is 1. The number of morpholine rings is 1. The Bertz CT molecular complexity index is 1140. The van der Waals surface area contributed by atoms with Gasteiger partial charge in [0.2, 0.25) is 0 Å². The number of hydrogen-bond acceptors (Lipinski definition) is 5. The number of para-hydroxylation sites is 1. The van der Waals surface area contributed by atoms with Gasteiger partial charge in [-0.3, -0.25) is 14.6 Å². The predicted molar refractivity (Wildman–Crippen MR) is 125 cm³/mol. The summed E-state index contributed by atoms with van der Waals surface area (Å²) >= 11 is 0. The normalized spacial score (nSPS) is 18.0. The van der Waals surface area contributed by atoms with Crippen molar-refractivity contribution < 1.29 is 19.1 Å². The van der Waals surface area contributed by atoms with Crippen molar-refractivity contribution in [3.05, 3.63) is 84.2 Å². The summed E-state index contributed by atoms with van der Waals surface area (Å²) in [7, 11) is 0. The fourth-order valence-electron chi connectivity index (χ4n) is 4.13. The maximum absolute atomic E-state index is 13.3. The Morgan fingerprint density at radius 1 is 1.09 bits per heavy atom. The van der Waals surface area contributed by atoms with Crippen molar-refractivity contribution in [2.75, 3.05) is 26.3 Å². The number of benzene rings is 2. The van der Waals surface area contributed by atoms with Gasteiger partial charge in [-0.2, -0.15) is 0 Å². The molecule has 2 N–H and O–H groups in total. The van der Waals surface area contributed by atoms with Gasteiger partial charge in [0.1, 0.15) is 5.75 Å². The lowest BCUT2D eigenvalue weighted by atomic mass is 9.90. The topological polar surface area (TPSA) is 94.8 Å². The van der Waals surface area contributed by atoms with Crippen LogP contribution in [0.15, 0.2) is 73.1 Å². The molecular weight excluding hydrogens is 418 g/mol. The number of amides is 2. The molecule has 2 aromatic carbocycles. The van der Waals surface area contributed by atoms with E-state index in [1.165, 1.54) is 0 Å². The molecule has 33 heavy (non-hydrogen) atoms. The first kappa shape index (κ1) is 22.5. The Balaban J connectivity index is 1.59. The first-order valence-corrected chi connectivity index (χ1v) is 11.0. The van der Waals surface area contributed by atoms with E-state index >= 15 is 0 Å². The van der Waals surface area contributed by atoms with Gasteiger partial charge in [0.05, 0.1) is 25.3 Å². The second kappa shape index (κ2) is 9.83. The maximum atomic E-state index is 13.3. The minimum absolute atomic E-state index is 0.0705. The van der Waals surface area contributed by atoms with Crippen molar-refractivity contribution in [1.29, 1.82) is 0 Å². The second-order valence-corrected chi connectivity index (χ2v) is 7.98. The van der Waals surface area contributed by atoms with Gasteiger partial charge in [-0.15, -0.1) is 0 Å². The molecule has 0 saturated carbocycles. The lowest BCUT2D eigenvalue weighted by Gasteiger charge is -2.41. The van der Waals surface area contributed by atoms with E-state index < -0.39 is 11.5 Å². The molecule has 0 spiro atoms. The number of aromatic nitrogens is 1. The van der Waals surface area contributed by atoms with Crippen LogP contribution in [0.4, 0.5) is 0 Å². The molecule has 0 radical (unpaired) electrons. The van der Waals surface area contributed by atoms with E-state index in [1.807, 2.05) is 49.4 Å². The van der Waals surface area contributed by atoms with E-state index in [9.17, 15) is 9.59 Å². The largest absolute Gasteiger partial charge is 0.493 e. The minimum Gasteiger partial charge on any atom is -0.493 e. The van der Waals surface area contributed by atoms with Gasteiger partial charge in [-0.1, -0.05) is 36.4 Å². The highest BCUT2D eigenvalue weighted by Gasteiger charge is 2.44. The summed E-state index contributed by atoms with van der Waals surface area (Å²) in [5.41, 5.74) is 7.91. The van der Waals surface area contributed by atoms with E-state index in [0.717, 1.165) is 16.7 Å². The van der Waals surface area contributed by atoms with Crippen molar-refractivity contribution in [1.82, 2.24) is 9.88 Å². The number of ether oxygens (including phenoxy) is 2.